The number of amides is 1. The second-order valence-corrected chi connectivity index (χ2v) is 8.18. The number of carbonyl (C=O) groups excluding carboxylic acids is 1. The topological polar surface area (TPSA) is 96.6 Å². The molecule has 0 atom stereocenters. The first-order chi connectivity index (χ1) is 16.5. The van der Waals surface area contributed by atoms with Crippen molar-refractivity contribution in [1.29, 1.82) is 0 Å². The summed E-state index contributed by atoms with van der Waals surface area (Å²) in [5, 5.41) is 3.01. The van der Waals surface area contributed by atoms with Crippen LogP contribution in [-0.2, 0) is 0 Å². The average Bonchev–Trinajstić information content (AvgIpc) is 3.26. The van der Waals surface area contributed by atoms with Gasteiger partial charge in [-0.3, -0.25) is 10.1 Å². The molecule has 9 heteroatoms. The maximum atomic E-state index is 13.3. The van der Waals surface area contributed by atoms with Crippen molar-refractivity contribution in [2.75, 3.05) is 43.5 Å². The summed E-state index contributed by atoms with van der Waals surface area (Å²) in [7, 11) is 1.66. The zero-order valence-electron chi connectivity index (χ0n) is 19.4. The van der Waals surface area contributed by atoms with Crippen LogP contribution in [0.3, 0.4) is 0 Å². The molecule has 0 aliphatic carbocycles. The van der Waals surface area contributed by atoms with Crippen molar-refractivity contribution in [2.24, 2.45) is 0 Å². The molecule has 5 rings (SSSR count). The Kier molecular flexibility index (Phi) is 5.75. The normalized spacial score (nSPS) is 13.9. The molecule has 1 aliphatic rings. The number of benzene rings is 2. The fourth-order valence-electron chi connectivity index (χ4n) is 4.22. The molecule has 2 aromatic heterocycles. The molecule has 174 valence electrons. The zero-order chi connectivity index (χ0) is 23.7. The van der Waals surface area contributed by atoms with Crippen LogP contribution in [0.25, 0.3) is 11.1 Å². The first kappa shape index (κ1) is 21.7. The number of rotatable bonds is 5. The van der Waals surface area contributed by atoms with Gasteiger partial charge in [-0.15, -0.1) is 0 Å². The van der Waals surface area contributed by atoms with E-state index < -0.39 is 0 Å². The molecule has 0 radical (unpaired) electrons. The van der Waals surface area contributed by atoms with Crippen LogP contribution in [0, 0.1) is 13.8 Å². The van der Waals surface area contributed by atoms with Crippen LogP contribution in [0.4, 0.5) is 17.7 Å². The average molecular weight is 459 g/mol. The van der Waals surface area contributed by atoms with Gasteiger partial charge in [0.05, 0.1) is 24.1 Å². The van der Waals surface area contributed by atoms with Crippen LogP contribution in [0.2, 0.25) is 0 Å². The van der Waals surface area contributed by atoms with Crippen LogP contribution < -0.4 is 15.0 Å². The van der Waals surface area contributed by atoms with Gasteiger partial charge in [0.25, 0.3) is 5.91 Å². The Labute approximate surface area is 197 Å². The largest absolute Gasteiger partial charge is 0.497 e. The summed E-state index contributed by atoms with van der Waals surface area (Å²) in [6, 6.07) is 15.8. The van der Waals surface area contributed by atoms with Gasteiger partial charge in [0.2, 0.25) is 5.95 Å². The number of ether oxygens (including phenoxy) is 1. The van der Waals surface area contributed by atoms with E-state index in [0.29, 0.717) is 47.6 Å². The SMILES string of the molecule is COc1ccc(N2CCN(C(=O)c3c(C)nc(Nc4nc5ccccc5o4)nc3C)CC2)cc1. The van der Waals surface area contributed by atoms with E-state index in [4.69, 9.17) is 9.15 Å². The van der Waals surface area contributed by atoms with E-state index in [-0.39, 0.29) is 5.91 Å². The molecule has 1 N–H and O–H groups in total. The third kappa shape index (κ3) is 4.24. The molecule has 0 unspecified atom stereocenters. The lowest BCUT2D eigenvalue weighted by Crippen LogP contribution is -2.49. The molecule has 9 nitrogen and oxygen atoms in total. The summed E-state index contributed by atoms with van der Waals surface area (Å²) < 4.78 is 10.9. The Morgan fingerprint density at radius 1 is 0.941 bits per heavy atom. The van der Waals surface area contributed by atoms with Crippen molar-refractivity contribution in [3.05, 3.63) is 65.5 Å². The highest BCUT2D eigenvalue weighted by molar-refractivity contribution is 5.96. The van der Waals surface area contributed by atoms with Crippen molar-refractivity contribution in [3.8, 4) is 5.75 Å². The highest BCUT2D eigenvalue weighted by atomic mass is 16.5. The van der Waals surface area contributed by atoms with Gasteiger partial charge in [-0.25, -0.2) is 9.97 Å². The molecule has 1 amide bonds. The van der Waals surface area contributed by atoms with Gasteiger partial charge in [-0.2, -0.15) is 4.98 Å². The molecule has 0 bridgehead atoms. The number of aromatic nitrogens is 3. The van der Waals surface area contributed by atoms with Crippen LogP contribution in [0.5, 0.6) is 5.75 Å². The fourth-order valence-corrected chi connectivity index (χ4v) is 4.22. The second kappa shape index (κ2) is 9.01. The number of para-hydroxylation sites is 2. The molecule has 0 saturated carbocycles. The summed E-state index contributed by atoms with van der Waals surface area (Å²) in [5.74, 6) is 1.14. The zero-order valence-corrected chi connectivity index (χ0v) is 19.4. The van der Waals surface area contributed by atoms with E-state index in [2.05, 4.69) is 25.2 Å². The summed E-state index contributed by atoms with van der Waals surface area (Å²) >= 11 is 0. The Morgan fingerprint density at radius 3 is 2.26 bits per heavy atom. The summed E-state index contributed by atoms with van der Waals surface area (Å²) in [4.78, 5) is 30.9. The van der Waals surface area contributed by atoms with Crippen LogP contribution in [0.1, 0.15) is 21.7 Å². The van der Waals surface area contributed by atoms with Gasteiger partial charge < -0.3 is 19.0 Å². The Balaban J connectivity index is 1.27. The van der Waals surface area contributed by atoms with Crippen molar-refractivity contribution >= 4 is 34.7 Å². The standard InChI is InChI=1S/C25H26N6O3/c1-16-22(17(2)27-24(26-16)29-25-28-20-6-4-5-7-21(20)34-25)23(32)31-14-12-30(13-15-31)18-8-10-19(33-3)11-9-18/h4-11H,12-15H2,1-3H3,(H,26,27,28,29). The van der Waals surface area contributed by atoms with E-state index in [0.717, 1.165) is 30.0 Å². The third-order valence-corrected chi connectivity index (χ3v) is 6.00. The maximum absolute atomic E-state index is 13.3. The number of hydrogen-bond donors (Lipinski definition) is 1. The third-order valence-electron chi connectivity index (χ3n) is 6.00. The predicted octanol–water partition coefficient (Wildman–Crippen LogP) is 3.95. The Bertz CT molecular complexity index is 1270. The summed E-state index contributed by atoms with van der Waals surface area (Å²) in [5.41, 5.74) is 4.33. The van der Waals surface area contributed by atoms with Crippen LogP contribution in [-0.4, -0.2) is 59.0 Å². The van der Waals surface area contributed by atoms with Crippen molar-refractivity contribution < 1.29 is 13.9 Å². The minimum atomic E-state index is -0.0437. The number of methoxy groups -OCH3 is 1. The molecule has 4 aromatic rings. The molecule has 34 heavy (non-hydrogen) atoms. The number of fused-ring (bicyclic) bond motifs is 1. The maximum Gasteiger partial charge on any atom is 0.302 e. The molecular weight excluding hydrogens is 432 g/mol. The first-order valence-electron chi connectivity index (χ1n) is 11.2. The van der Waals surface area contributed by atoms with Crippen molar-refractivity contribution in [2.45, 2.75) is 13.8 Å². The van der Waals surface area contributed by atoms with E-state index in [1.807, 2.05) is 67.3 Å². The monoisotopic (exact) mass is 458 g/mol. The minimum absolute atomic E-state index is 0.0437. The van der Waals surface area contributed by atoms with E-state index in [1.54, 1.807) is 7.11 Å². The molecule has 2 aromatic carbocycles. The highest BCUT2D eigenvalue weighted by Crippen LogP contribution is 2.24. The smallest absolute Gasteiger partial charge is 0.302 e. The fraction of sp³-hybridized carbons (Fsp3) is 0.280. The van der Waals surface area contributed by atoms with Gasteiger partial charge >= 0.3 is 6.01 Å². The van der Waals surface area contributed by atoms with Gasteiger partial charge in [-0.1, -0.05) is 12.1 Å². The van der Waals surface area contributed by atoms with E-state index in [1.165, 1.54) is 0 Å². The number of hydrogen-bond acceptors (Lipinski definition) is 8. The predicted molar refractivity (Wildman–Crippen MR) is 130 cm³/mol. The van der Waals surface area contributed by atoms with Crippen molar-refractivity contribution in [3.63, 3.8) is 0 Å². The minimum Gasteiger partial charge on any atom is -0.497 e. The highest BCUT2D eigenvalue weighted by Gasteiger charge is 2.26. The lowest BCUT2D eigenvalue weighted by molar-refractivity contribution is 0.0744. The Hall–Kier alpha value is -4.14. The Morgan fingerprint density at radius 2 is 1.62 bits per heavy atom. The molecule has 3 heterocycles. The van der Waals surface area contributed by atoms with Crippen LogP contribution >= 0.6 is 0 Å². The number of nitrogens with zero attached hydrogens (tertiary/aromatic N) is 5. The molecular formula is C25H26N6O3. The summed E-state index contributed by atoms with van der Waals surface area (Å²) in [6.07, 6.45) is 0. The van der Waals surface area contributed by atoms with Crippen molar-refractivity contribution in [1.82, 2.24) is 19.9 Å². The number of oxazole rings is 1. The number of anilines is 3. The van der Waals surface area contributed by atoms with Crippen LogP contribution in [0.15, 0.2) is 52.9 Å². The van der Waals surface area contributed by atoms with Gasteiger partial charge in [0.15, 0.2) is 5.58 Å². The van der Waals surface area contributed by atoms with Gasteiger partial charge in [-0.05, 0) is 50.2 Å². The summed E-state index contributed by atoms with van der Waals surface area (Å²) in [6.45, 7) is 6.43. The van der Waals surface area contributed by atoms with Gasteiger partial charge in [0, 0.05) is 31.9 Å². The van der Waals surface area contributed by atoms with E-state index >= 15 is 0 Å². The number of carbonyl (C=O) groups is 1. The molecule has 1 aliphatic heterocycles. The lowest BCUT2D eigenvalue weighted by Gasteiger charge is -2.36. The number of nitrogens with one attached hydrogen (secondary N) is 1. The molecule has 1 fully saturated rings. The van der Waals surface area contributed by atoms with Gasteiger partial charge in [0.1, 0.15) is 11.3 Å². The van der Waals surface area contributed by atoms with E-state index in [9.17, 15) is 4.79 Å². The first-order valence-corrected chi connectivity index (χ1v) is 11.2. The lowest BCUT2D eigenvalue weighted by atomic mass is 10.1. The quantitative estimate of drug-likeness (QED) is 0.480. The molecule has 0 spiro atoms. The number of piperazine rings is 1. The second-order valence-electron chi connectivity index (χ2n) is 8.18. The molecule has 1 saturated heterocycles. The number of aryl methyl sites for hydroxylation is 2.